The third-order valence-corrected chi connectivity index (χ3v) is 3.85. The van der Waals surface area contributed by atoms with Gasteiger partial charge in [-0.3, -0.25) is 4.79 Å². The van der Waals surface area contributed by atoms with Crippen molar-refractivity contribution in [2.75, 3.05) is 6.61 Å². The number of nitrogens with zero attached hydrogens (tertiary/aromatic N) is 1. The molecule has 0 aliphatic heterocycles. The molecular formula is C18H17N3O4. The van der Waals surface area contributed by atoms with Crippen molar-refractivity contribution in [2.45, 2.75) is 13.8 Å². The maximum absolute atomic E-state index is 11.1. The normalized spacial score (nSPS) is 10.8. The summed E-state index contributed by atoms with van der Waals surface area (Å²) in [6, 6.07) is 8.37. The Balaban J connectivity index is 2.02. The van der Waals surface area contributed by atoms with Crippen LogP contribution in [0.3, 0.4) is 0 Å². The summed E-state index contributed by atoms with van der Waals surface area (Å²) in [5.41, 5.74) is 9.37. The van der Waals surface area contributed by atoms with Crippen molar-refractivity contribution in [3.05, 3.63) is 47.0 Å². The first-order valence-corrected chi connectivity index (χ1v) is 7.61. The summed E-state index contributed by atoms with van der Waals surface area (Å²) in [6.07, 6.45) is 0. The molecule has 0 fully saturated rings. The standard InChI is InChI=1S/C18H17N3O4/c1-9-5-12(25-8-15(19)22)6-10(2)16(9)17-20-13-4-3-11(18(23)24)7-14(13)21-17/h3-7H,8H2,1-2H3,(H2,19,22)(H,20,21)(H,23,24). The van der Waals surface area contributed by atoms with Crippen LogP contribution in [0.1, 0.15) is 21.5 Å². The first-order valence-electron chi connectivity index (χ1n) is 7.61. The number of nitrogens with two attached hydrogens (primary N) is 1. The summed E-state index contributed by atoms with van der Waals surface area (Å²) in [5.74, 6) is -0.317. The van der Waals surface area contributed by atoms with Gasteiger partial charge in [-0.05, 0) is 55.3 Å². The minimum Gasteiger partial charge on any atom is -0.484 e. The van der Waals surface area contributed by atoms with Crippen molar-refractivity contribution in [3.63, 3.8) is 0 Å². The number of ether oxygens (including phenoxy) is 1. The van der Waals surface area contributed by atoms with Crippen molar-refractivity contribution in [2.24, 2.45) is 5.73 Å². The number of rotatable bonds is 5. The van der Waals surface area contributed by atoms with Gasteiger partial charge in [0, 0.05) is 5.56 Å². The fraction of sp³-hybridized carbons (Fsp3) is 0.167. The summed E-state index contributed by atoms with van der Waals surface area (Å²) >= 11 is 0. The molecule has 0 radical (unpaired) electrons. The molecule has 7 heteroatoms. The van der Waals surface area contributed by atoms with Crippen LogP contribution in [0.5, 0.6) is 5.75 Å². The van der Waals surface area contributed by atoms with E-state index < -0.39 is 11.9 Å². The number of aromatic carboxylic acids is 1. The van der Waals surface area contributed by atoms with Crippen molar-refractivity contribution in [3.8, 4) is 17.1 Å². The number of fused-ring (bicyclic) bond motifs is 1. The molecule has 3 rings (SSSR count). The van der Waals surface area contributed by atoms with Gasteiger partial charge >= 0.3 is 5.97 Å². The van der Waals surface area contributed by atoms with Gasteiger partial charge in [0.2, 0.25) is 0 Å². The number of carboxylic acid groups (broad SMARTS) is 1. The number of aromatic nitrogens is 2. The number of amides is 1. The summed E-state index contributed by atoms with van der Waals surface area (Å²) in [5, 5.41) is 9.10. The van der Waals surface area contributed by atoms with Gasteiger partial charge in [-0.2, -0.15) is 0 Å². The average Bonchev–Trinajstić information content (AvgIpc) is 2.94. The largest absolute Gasteiger partial charge is 0.484 e. The highest BCUT2D eigenvalue weighted by molar-refractivity contribution is 5.93. The minimum atomic E-state index is -0.985. The van der Waals surface area contributed by atoms with Crippen molar-refractivity contribution in [1.29, 1.82) is 0 Å². The van der Waals surface area contributed by atoms with Gasteiger partial charge in [-0.25, -0.2) is 9.78 Å². The molecule has 0 spiro atoms. The van der Waals surface area contributed by atoms with Crippen molar-refractivity contribution >= 4 is 22.9 Å². The monoisotopic (exact) mass is 339 g/mol. The molecule has 2 aromatic carbocycles. The predicted molar refractivity (Wildman–Crippen MR) is 92.7 cm³/mol. The third kappa shape index (κ3) is 3.30. The molecule has 3 aromatic rings. The number of primary amides is 1. The van der Waals surface area contributed by atoms with Gasteiger partial charge in [0.1, 0.15) is 11.6 Å². The first kappa shape index (κ1) is 16.5. The topological polar surface area (TPSA) is 118 Å². The zero-order valence-corrected chi connectivity index (χ0v) is 13.8. The van der Waals surface area contributed by atoms with Crippen molar-refractivity contribution < 1.29 is 19.4 Å². The molecule has 0 aliphatic rings. The maximum Gasteiger partial charge on any atom is 0.335 e. The fourth-order valence-electron chi connectivity index (χ4n) is 2.80. The van der Waals surface area contributed by atoms with Crippen LogP contribution in [0, 0.1) is 13.8 Å². The van der Waals surface area contributed by atoms with E-state index in [1.807, 2.05) is 13.8 Å². The van der Waals surface area contributed by atoms with Gasteiger partial charge in [-0.15, -0.1) is 0 Å². The second kappa shape index (κ2) is 6.27. The van der Waals surface area contributed by atoms with Crippen LogP contribution in [0.2, 0.25) is 0 Å². The van der Waals surface area contributed by atoms with E-state index in [2.05, 4.69) is 9.97 Å². The molecule has 1 amide bonds. The van der Waals surface area contributed by atoms with E-state index in [4.69, 9.17) is 15.6 Å². The number of carbonyl (C=O) groups is 2. The summed E-state index contributed by atoms with van der Waals surface area (Å²) < 4.78 is 5.35. The number of imidazole rings is 1. The molecule has 0 unspecified atom stereocenters. The van der Waals surface area contributed by atoms with Gasteiger partial charge in [0.05, 0.1) is 16.6 Å². The number of hydrogen-bond donors (Lipinski definition) is 3. The average molecular weight is 339 g/mol. The lowest BCUT2D eigenvalue weighted by atomic mass is 10.0. The number of H-pyrrole nitrogens is 1. The molecule has 1 aromatic heterocycles. The molecule has 0 aliphatic carbocycles. The molecular weight excluding hydrogens is 322 g/mol. The van der Waals surface area contributed by atoms with Crippen LogP contribution >= 0.6 is 0 Å². The molecule has 0 saturated heterocycles. The van der Waals surface area contributed by atoms with E-state index in [1.165, 1.54) is 6.07 Å². The Hall–Kier alpha value is -3.35. The van der Waals surface area contributed by atoms with Crippen LogP contribution in [0.25, 0.3) is 22.4 Å². The fourth-order valence-corrected chi connectivity index (χ4v) is 2.80. The Kier molecular flexibility index (Phi) is 4.14. The van der Waals surface area contributed by atoms with Gasteiger partial charge in [0.15, 0.2) is 6.61 Å². The van der Waals surface area contributed by atoms with Crippen LogP contribution < -0.4 is 10.5 Å². The number of aromatic amines is 1. The molecule has 0 atom stereocenters. The number of carboxylic acids is 1. The lowest BCUT2D eigenvalue weighted by molar-refractivity contribution is -0.119. The molecule has 0 bridgehead atoms. The van der Waals surface area contributed by atoms with E-state index >= 15 is 0 Å². The SMILES string of the molecule is Cc1cc(OCC(N)=O)cc(C)c1-c1nc2ccc(C(=O)O)cc2[nH]1. The van der Waals surface area contributed by atoms with Crippen LogP contribution in [-0.4, -0.2) is 33.6 Å². The molecule has 1 heterocycles. The predicted octanol–water partition coefficient (Wildman–Crippen LogP) is 2.41. The third-order valence-electron chi connectivity index (χ3n) is 3.85. The second-order valence-electron chi connectivity index (χ2n) is 5.81. The minimum absolute atomic E-state index is 0.180. The Morgan fingerprint density at radius 2 is 1.88 bits per heavy atom. The van der Waals surface area contributed by atoms with E-state index in [1.54, 1.807) is 24.3 Å². The highest BCUT2D eigenvalue weighted by Gasteiger charge is 2.14. The lowest BCUT2D eigenvalue weighted by Crippen LogP contribution is -2.20. The number of hydrogen-bond acceptors (Lipinski definition) is 4. The summed E-state index contributed by atoms with van der Waals surface area (Å²) in [4.78, 5) is 29.7. The summed E-state index contributed by atoms with van der Waals surface area (Å²) in [7, 11) is 0. The second-order valence-corrected chi connectivity index (χ2v) is 5.81. The Morgan fingerprint density at radius 3 is 2.48 bits per heavy atom. The van der Waals surface area contributed by atoms with Gasteiger partial charge in [-0.1, -0.05) is 0 Å². The number of nitrogens with one attached hydrogen (secondary N) is 1. The Labute approximate surface area is 143 Å². The van der Waals surface area contributed by atoms with Gasteiger partial charge in [0.25, 0.3) is 5.91 Å². The quantitative estimate of drug-likeness (QED) is 0.659. The van der Waals surface area contributed by atoms with Crippen LogP contribution in [0.4, 0.5) is 0 Å². The molecule has 25 heavy (non-hydrogen) atoms. The molecule has 0 saturated carbocycles. The number of benzene rings is 2. The van der Waals surface area contributed by atoms with E-state index in [0.29, 0.717) is 22.6 Å². The number of carbonyl (C=O) groups excluding carboxylic acids is 1. The number of aryl methyl sites for hydroxylation is 2. The van der Waals surface area contributed by atoms with E-state index in [9.17, 15) is 9.59 Å². The summed E-state index contributed by atoms with van der Waals surface area (Å²) in [6.45, 7) is 3.64. The van der Waals surface area contributed by atoms with Crippen LogP contribution in [-0.2, 0) is 4.79 Å². The highest BCUT2D eigenvalue weighted by Crippen LogP contribution is 2.30. The molecule has 7 nitrogen and oxygen atoms in total. The highest BCUT2D eigenvalue weighted by atomic mass is 16.5. The van der Waals surface area contributed by atoms with E-state index in [0.717, 1.165) is 16.7 Å². The van der Waals surface area contributed by atoms with E-state index in [-0.39, 0.29) is 12.2 Å². The molecule has 128 valence electrons. The lowest BCUT2D eigenvalue weighted by Gasteiger charge is -2.11. The van der Waals surface area contributed by atoms with Gasteiger partial charge < -0.3 is 20.6 Å². The Morgan fingerprint density at radius 1 is 1.20 bits per heavy atom. The van der Waals surface area contributed by atoms with Crippen molar-refractivity contribution in [1.82, 2.24) is 9.97 Å². The zero-order valence-electron chi connectivity index (χ0n) is 13.8. The first-order chi connectivity index (χ1) is 11.8. The van der Waals surface area contributed by atoms with Crippen LogP contribution in [0.15, 0.2) is 30.3 Å². The maximum atomic E-state index is 11.1. The molecule has 4 N–H and O–H groups in total. The zero-order chi connectivity index (χ0) is 18.1. The Bertz CT molecular complexity index is 968. The smallest absolute Gasteiger partial charge is 0.335 e.